The van der Waals surface area contributed by atoms with Gasteiger partial charge in [0.1, 0.15) is 5.75 Å². The summed E-state index contributed by atoms with van der Waals surface area (Å²) in [5.41, 5.74) is 0.562. The first-order chi connectivity index (χ1) is 21.2. The summed E-state index contributed by atoms with van der Waals surface area (Å²) < 4.78 is 6.09. The minimum Gasteiger partial charge on any atom is -0.454 e. The Bertz CT molecular complexity index is 1800. The summed E-state index contributed by atoms with van der Waals surface area (Å²) in [5.74, 6) is -0.595. The molecule has 0 spiro atoms. The number of nitro benzene ring substituents is 1. The third-order valence-corrected chi connectivity index (χ3v) is 8.02. The largest absolute Gasteiger partial charge is 0.454 e. The number of amides is 2. The van der Waals surface area contributed by atoms with Gasteiger partial charge in [-0.25, -0.2) is 0 Å². The highest BCUT2D eigenvalue weighted by molar-refractivity contribution is 6.14. The van der Waals surface area contributed by atoms with Crippen LogP contribution in [0.4, 0.5) is 22.7 Å². The zero-order valence-corrected chi connectivity index (χ0v) is 23.8. The molecule has 2 aliphatic rings. The third-order valence-electron chi connectivity index (χ3n) is 8.02. The zero-order valence-electron chi connectivity index (χ0n) is 23.8. The molecule has 44 heavy (non-hydrogen) atoms. The molecule has 0 aliphatic carbocycles. The van der Waals surface area contributed by atoms with Crippen molar-refractivity contribution in [3.63, 3.8) is 0 Å². The third kappa shape index (κ3) is 4.80. The number of nitrogens with zero attached hydrogens (tertiary/aromatic N) is 3. The lowest BCUT2D eigenvalue weighted by Gasteiger charge is -2.27. The van der Waals surface area contributed by atoms with Crippen LogP contribution in [0.25, 0.3) is 0 Å². The predicted molar refractivity (Wildman–Crippen MR) is 164 cm³/mol. The molecule has 0 unspecified atom stereocenters. The Labute approximate surface area is 253 Å². The molecule has 0 bridgehead atoms. The lowest BCUT2D eigenvalue weighted by Crippen LogP contribution is -2.44. The molecule has 10 heteroatoms. The molecule has 0 fully saturated rings. The number of para-hydroxylation sites is 3. The van der Waals surface area contributed by atoms with Gasteiger partial charge >= 0.3 is 0 Å². The van der Waals surface area contributed by atoms with Gasteiger partial charge in [0.25, 0.3) is 17.5 Å². The number of fused-ring (bicyclic) bond motifs is 3. The number of carbonyl (C=O) groups excluding carboxylic acids is 2. The van der Waals surface area contributed by atoms with Gasteiger partial charge in [-0.05, 0) is 54.4 Å². The molecule has 4 aromatic carbocycles. The van der Waals surface area contributed by atoms with E-state index in [-0.39, 0.29) is 30.3 Å². The monoisotopic (exact) mass is 591 g/mol. The smallest absolute Gasteiger partial charge is 0.269 e. The molecule has 2 atom stereocenters. The number of anilines is 3. The van der Waals surface area contributed by atoms with E-state index in [4.69, 9.17) is 9.84 Å². The first kappa shape index (κ1) is 28.8. The standard InChI is InChI=1S/C34H29N3O7/c1-22(8-6-7-19-38)34(41)27-20-25(37(42)43)17-18-28(27)35(33(34)40)21-23-13-15-24(16-14-23)36-29-10-3-5-12-31(29)44-30-11-4-2-9-26(30)32(36)39/h2-6,8-18,20,22,38,41H,7,19,21H2,1H3/b8-6+/t22-,34+/m1/s1. The summed E-state index contributed by atoms with van der Waals surface area (Å²) >= 11 is 0. The van der Waals surface area contributed by atoms with Gasteiger partial charge in [-0.1, -0.05) is 55.5 Å². The summed E-state index contributed by atoms with van der Waals surface area (Å²) in [7, 11) is 0. The van der Waals surface area contributed by atoms with E-state index >= 15 is 0 Å². The minimum atomic E-state index is -2.04. The van der Waals surface area contributed by atoms with E-state index in [1.807, 2.05) is 24.3 Å². The molecule has 0 aromatic heterocycles. The van der Waals surface area contributed by atoms with E-state index in [1.165, 1.54) is 23.1 Å². The molecular weight excluding hydrogens is 562 g/mol. The van der Waals surface area contributed by atoms with Crippen LogP contribution in [0.5, 0.6) is 11.5 Å². The minimum absolute atomic E-state index is 0.0792. The van der Waals surface area contributed by atoms with Crippen LogP contribution in [0.15, 0.2) is 103 Å². The fourth-order valence-electron chi connectivity index (χ4n) is 5.72. The Morgan fingerprint density at radius 1 is 0.955 bits per heavy atom. The van der Waals surface area contributed by atoms with Gasteiger partial charge in [-0.2, -0.15) is 0 Å². The second-order valence-corrected chi connectivity index (χ2v) is 10.7. The highest BCUT2D eigenvalue weighted by atomic mass is 16.6. The van der Waals surface area contributed by atoms with Crippen LogP contribution in [-0.4, -0.2) is 33.6 Å². The quantitative estimate of drug-likeness (QED) is 0.146. The molecule has 0 saturated heterocycles. The number of non-ortho nitro benzene ring substituents is 1. The molecule has 2 amide bonds. The van der Waals surface area contributed by atoms with Gasteiger partial charge in [0.05, 0.1) is 28.4 Å². The molecular formula is C34H29N3O7. The lowest BCUT2D eigenvalue weighted by molar-refractivity contribution is -0.385. The number of carbonyl (C=O) groups is 2. The van der Waals surface area contributed by atoms with Crippen LogP contribution >= 0.6 is 0 Å². The first-order valence-corrected chi connectivity index (χ1v) is 14.1. The average Bonchev–Trinajstić information content (AvgIpc) is 3.16. The van der Waals surface area contributed by atoms with Crippen molar-refractivity contribution >= 4 is 34.6 Å². The molecule has 0 saturated carbocycles. The average molecular weight is 592 g/mol. The maximum Gasteiger partial charge on any atom is 0.269 e. The molecule has 2 aliphatic heterocycles. The molecule has 0 radical (unpaired) electrons. The van der Waals surface area contributed by atoms with Crippen LogP contribution in [0.2, 0.25) is 0 Å². The van der Waals surface area contributed by atoms with Gasteiger partial charge < -0.3 is 19.8 Å². The topological polar surface area (TPSA) is 133 Å². The highest BCUT2D eigenvalue weighted by Crippen LogP contribution is 2.47. The van der Waals surface area contributed by atoms with Crippen molar-refractivity contribution in [1.82, 2.24) is 0 Å². The number of hydrogen-bond acceptors (Lipinski definition) is 7. The van der Waals surface area contributed by atoms with Crippen molar-refractivity contribution in [2.75, 3.05) is 16.4 Å². The van der Waals surface area contributed by atoms with E-state index in [9.17, 15) is 24.8 Å². The van der Waals surface area contributed by atoms with Gasteiger partial charge in [0, 0.05) is 35.9 Å². The van der Waals surface area contributed by atoms with E-state index in [1.54, 1.807) is 72.5 Å². The summed E-state index contributed by atoms with van der Waals surface area (Å²) in [5, 5.41) is 32.5. The Balaban J connectivity index is 1.34. The van der Waals surface area contributed by atoms with E-state index in [2.05, 4.69) is 0 Å². The molecule has 2 heterocycles. The number of nitro groups is 1. The fraction of sp³-hybridized carbons (Fsp3) is 0.176. The van der Waals surface area contributed by atoms with Crippen molar-refractivity contribution in [1.29, 1.82) is 0 Å². The molecule has 6 rings (SSSR count). The normalized spacial score (nSPS) is 18.0. The molecule has 10 nitrogen and oxygen atoms in total. The van der Waals surface area contributed by atoms with Gasteiger partial charge in [-0.3, -0.25) is 24.6 Å². The lowest BCUT2D eigenvalue weighted by atomic mass is 9.82. The number of hydrogen-bond donors (Lipinski definition) is 2. The van der Waals surface area contributed by atoms with Crippen molar-refractivity contribution in [3.05, 3.63) is 130 Å². The predicted octanol–water partition coefficient (Wildman–Crippen LogP) is 5.99. The second-order valence-electron chi connectivity index (χ2n) is 10.7. The summed E-state index contributed by atoms with van der Waals surface area (Å²) in [6.07, 6.45) is 3.64. The Morgan fingerprint density at radius 3 is 2.39 bits per heavy atom. The van der Waals surface area contributed by atoms with Crippen molar-refractivity contribution in [3.8, 4) is 11.5 Å². The van der Waals surface area contributed by atoms with E-state index < -0.39 is 22.3 Å². The van der Waals surface area contributed by atoms with Crippen LogP contribution in [-0.2, 0) is 16.9 Å². The van der Waals surface area contributed by atoms with Crippen molar-refractivity contribution in [2.45, 2.75) is 25.5 Å². The zero-order chi connectivity index (χ0) is 31.0. The van der Waals surface area contributed by atoms with E-state index in [0.29, 0.717) is 46.1 Å². The Kier molecular flexibility index (Phi) is 7.46. The number of rotatable bonds is 8. The van der Waals surface area contributed by atoms with Gasteiger partial charge in [-0.15, -0.1) is 0 Å². The molecule has 2 N–H and O–H groups in total. The van der Waals surface area contributed by atoms with Gasteiger partial charge in [0.15, 0.2) is 11.4 Å². The number of aliphatic hydroxyl groups excluding tert-OH is 1. The number of ether oxygens (including phenoxy) is 1. The summed E-state index contributed by atoms with van der Waals surface area (Å²) in [6.45, 7) is 1.65. The maximum atomic E-state index is 13.8. The Morgan fingerprint density at radius 2 is 1.66 bits per heavy atom. The van der Waals surface area contributed by atoms with Crippen LogP contribution in [0, 0.1) is 16.0 Å². The maximum absolute atomic E-state index is 13.8. The van der Waals surface area contributed by atoms with E-state index in [0.717, 1.165) is 0 Å². The SMILES string of the molecule is C[C@H](/C=C/CCO)[C@@]1(O)C(=O)N(Cc2ccc(N3C(=O)c4ccccc4Oc4ccccc43)cc2)c2ccc([N+](=O)[O-])cc21. The number of aliphatic hydroxyl groups is 2. The first-order valence-electron chi connectivity index (χ1n) is 14.1. The second kappa shape index (κ2) is 11.4. The highest BCUT2D eigenvalue weighted by Gasteiger charge is 2.53. The van der Waals surface area contributed by atoms with Crippen molar-refractivity contribution in [2.24, 2.45) is 5.92 Å². The number of benzene rings is 4. The Hall–Kier alpha value is -5.32. The molecule has 4 aromatic rings. The molecule has 222 valence electrons. The fourth-order valence-corrected chi connectivity index (χ4v) is 5.72. The van der Waals surface area contributed by atoms with Crippen LogP contribution in [0.1, 0.15) is 34.8 Å². The van der Waals surface area contributed by atoms with Crippen LogP contribution in [0.3, 0.4) is 0 Å². The summed E-state index contributed by atoms with van der Waals surface area (Å²) in [6, 6.07) is 25.5. The summed E-state index contributed by atoms with van der Waals surface area (Å²) in [4.78, 5) is 41.6. The van der Waals surface area contributed by atoms with Gasteiger partial charge in [0.2, 0.25) is 0 Å². The van der Waals surface area contributed by atoms with Crippen LogP contribution < -0.4 is 14.5 Å². The van der Waals surface area contributed by atoms with Crippen molar-refractivity contribution < 1.29 is 29.5 Å².